The van der Waals surface area contributed by atoms with Gasteiger partial charge in [-0.2, -0.15) is 0 Å². The second kappa shape index (κ2) is 1.81. The van der Waals surface area contributed by atoms with E-state index in [4.69, 9.17) is 0 Å². The van der Waals surface area contributed by atoms with Gasteiger partial charge >= 0.3 is 0 Å². The van der Waals surface area contributed by atoms with Gasteiger partial charge in [0.25, 0.3) is 0 Å². The third kappa shape index (κ3) is 0.621. The molecule has 2 aliphatic carbocycles. The summed E-state index contributed by atoms with van der Waals surface area (Å²) >= 11 is 0. The van der Waals surface area contributed by atoms with E-state index < -0.39 is 0 Å². The maximum Gasteiger partial charge on any atom is 0.197 e. The first-order valence-electron chi connectivity index (χ1n) is 4.18. The van der Waals surface area contributed by atoms with Crippen LogP contribution in [0.25, 0.3) is 0 Å². The lowest BCUT2D eigenvalue weighted by atomic mass is 9.98. The first kappa shape index (κ1) is 5.70. The highest BCUT2D eigenvalue weighted by Crippen LogP contribution is 2.51. The molecule has 2 heteroatoms. The Morgan fingerprint density at radius 1 is 1.36 bits per heavy atom. The molecule has 3 rings (SSSR count). The number of fused-ring (bicyclic) bond motifs is 5. The molecule has 0 amide bonds. The molecule has 0 saturated heterocycles. The third-order valence-electron chi connectivity index (χ3n) is 2.99. The summed E-state index contributed by atoms with van der Waals surface area (Å²) in [5.41, 5.74) is 2.69. The van der Waals surface area contributed by atoms with Crippen LogP contribution in [-0.4, -0.2) is 9.97 Å². The zero-order valence-electron chi connectivity index (χ0n) is 6.25. The van der Waals surface area contributed by atoms with E-state index in [1.54, 1.807) is 0 Å². The molecule has 55 valence electrons. The monoisotopic (exact) mass is 145 g/mol. The molecule has 1 aromatic heterocycles. The molecule has 0 N–H and O–H groups in total. The van der Waals surface area contributed by atoms with Crippen LogP contribution in [0.3, 0.4) is 0 Å². The molecule has 2 unspecified atom stereocenters. The minimum atomic E-state index is 0.745. The number of rotatable bonds is 0. The van der Waals surface area contributed by atoms with Gasteiger partial charge in [-0.05, 0) is 30.7 Å². The Morgan fingerprint density at radius 3 is 3.18 bits per heavy atom. The van der Waals surface area contributed by atoms with Crippen molar-refractivity contribution in [2.24, 2.45) is 0 Å². The van der Waals surface area contributed by atoms with Crippen LogP contribution in [0.1, 0.15) is 42.4 Å². The Morgan fingerprint density at radius 2 is 2.27 bits per heavy atom. The minimum absolute atomic E-state index is 0.745. The van der Waals surface area contributed by atoms with Gasteiger partial charge in [-0.25, -0.2) is 9.97 Å². The number of hydrogen-bond donors (Lipinski definition) is 0. The lowest BCUT2D eigenvalue weighted by Gasteiger charge is -2.11. The Balaban J connectivity index is 2.23. The predicted molar refractivity (Wildman–Crippen MR) is 40.2 cm³/mol. The lowest BCUT2D eigenvalue weighted by Crippen LogP contribution is -2.00. The Labute approximate surface area is 65.7 Å². The van der Waals surface area contributed by atoms with Crippen LogP contribution in [-0.2, 0) is 0 Å². The van der Waals surface area contributed by atoms with E-state index >= 15 is 0 Å². The van der Waals surface area contributed by atoms with Gasteiger partial charge in [0, 0.05) is 12.1 Å². The maximum absolute atomic E-state index is 4.21. The van der Waals surface area contributed by atoms with Gasteiger partial charge < -0.3 is 0 Å². The summed E-state index contributed by atoms with van der Waals surface area (Å²) in [5.74, 6) is 1.53. The molecule has 0 aliphatic heterocycles. The topological polar surface area (TPSA) is 25.8 Å². The van der Waals surface area contributed by atoms with Gasteiger partial charge in [-0.3, -0.25) is 0 Å². The molecular formula is C9H9N2. The molecule has 0 aromatic carbocycles. The fourth-order valence-corrected chi connectivity index (χ4v) is 2.47. The van der Waals surface area contributed by atoms with Crippen molar-refractivity contribution in [1.29, 1.82) is 0 Å². The Hall–Kier alpha value is -0.920. The van der Waals surface area contributed by atoms with E-state index in [9.17, 15) is 0 Å². The second-order valence-electron chi connectivity index (χ2n) is 3.52. The first-order valence-corrected chi connectivity index (χ1v) is 4.18. The van der Waals surface area contributed by atoms with Gasteiger partial charge in [0.05, 0.1) is 5.69 Å². The molecule has 1 saturated carbocycles. The van der Waals surface area contributed by atoms with Gasteiger partial charge in [0.15, 0.2) is 6.33 Å². The van der Waals surface area contributed by atoms with Gasteiger partial charge in [0.1, 0.15) is 0 Å². The normalized spacial score (nSPS) is 32.4. The molecule has 2 aliphatic rings. The fraction of sp³-hybridized carbons (Fsp3) is 0.556. The van der Waals surface area contributed by atoms with E-state index in [1.165, 1.54) is 30.5 Å². The predicted octanol–water partition coefficient (Wildman–Crippen LogP) is 1.64. The summed E-state index contributed by atoms with van der Waals surface area (Å²) in [4.78, 5) is 8.14. The van der Waals surface area contributed by atoms with Gasteiger partial charge in [-0.15, -0.1) is 0 Å². The summed E-state index contributed by atoms with van der Waals surface area (Å²) < 4.78 is 0. The summed E-state index contributed by atoms with van der Waals surface area (Å²) in [6, 6.07) is 0. The zero-order chi connectivity index (χ0) is 7.26. The van der Waals surface area contributed by atoms with Crippen molar-refractivity contribution in [3.8, 4) is 0 Å². The lowest BCUT2D eigenvalue weighted by molar-refractivity contribution is 0.690. The highest BCUT2D eigenvalue weighted by Gasteiger charge is 2.37. The van der Waals surface area contributed by atoms with Crippen molar-refractivity contribution in [1.82, 2.24) is 9.97 Å². The molecule has 1 aromatic rings. The van der Waals surface area contributed by atoms with Crippen LogP contribution in [0.4, 0.5) is 0 Å². The molecule has 11 heavy (non-hydrogen) atoms. The Kier molecular flexibility index (Phi) is 0.939. The van der Waals surface area contributed by atoms with E-state index in [2.05, 4.69) is 16.3 Å². The number of hydrogen-bond acceptors (Lipinski definition) is 2. The average molecular weight is 145 g/mol. The van der Waals surface area contributed by atoms with E-state index in [1.807, 2.05) is 6.20 Å². The largest absolute Gasteiger partial charge is 0.233 e. The first-order chi connectivity index (χ1) is 5.45. The summed E-state index contributed by atoms with van der Waals surface area (Å²) in [6.07, 6.45) is 8.64. The average Bonchev–Trinajstić information content (AvgIpc) is 2.64. The van der Waals surface area contributed by atoms with Crippen LogP contribution in [0.15, 0.2) is 6.20 Å². The van der Waals surface area contributed by atoms with Crippen LogP contribution in [0, 0.1) is 6.33 Å². The maximum atomic E-state index is 4.21. The van der Waals surface area contributed by atoms with Crippen molar-refractivity contribution >= 4 is 0 Å². The molecular weight excluding hydrogens is 136 g/mol. The van der Waals surface area contributed by atoms with Crippen molar-refractivity contribution in [2.45, 2.75) is 31.1 Å². The van der Waals surface area contributed by atoms with Crippen LogP contribution < -0.4 is 0 Å². The summed E-state index contributed by atoms with van der Waals surface area (Å²) in [5, 5.41) is 0. The number of nitrogens with zero attached hydrogens (tertiary/aromatic N) is 2. The van der Waals surface area contributed by atoms with E-state index in [-0.39, 0.29) is 0 Å². The SMILES string of the molecule is [c]1ncc2c(n1)C1CCC2C1. The quantitative estimate of drug-likeness (QED) is 0.554. The minimum Gasteiger partial charge on any atom is -0.233 e. The van der Waals surface area contributed by atoms with Gasteiger partial charge in [0.2, 0.25) is 0 Å². The standard InChI is InChI=1S/C9H9N2/c1-2-7-3-6(1)8-4-10-5-11-9(7)8/h4,6-7H,1-3H2. The molecule has 0 spiro atoms. The smallest absolute Gasteiger partial charge is 0.197 e. The summed E-state index contributed by atoms with van der Waals surface area (Å²) in [7, 11) is 0. The zero-order valence-corrected chi connectivity index (χ0v) is 6.25. The van der Waals surface area contributed by atoms with Crippen LogP contribution >= 0.6 is 0 Å². The van der Waals surface area contributed by atoms with Crippen LogP contribution in [0.5, 0.6) is 0 Å². The third-order valence-corrected chi connectivity index (χ3v) is 2.99. The molecule has 2 atom stereocenters. The highest BCUT2D eigenvalue weighted by molar-refractivity contribution is 5.33. The molecule has 2 bridgehead atoms. The fourth-order valence-electron chi connectivity index (χ4n) is 2.47. The van der Waals surface area contributed by atoms with Crippen molar-refractivity contribution in [3.63, 3.8) is 0 Å². The Bertz CT molecular complexity index is 266. The van der Waals surface area contributed by atoms with Crippen molar-refractivity contribution in [2.75, 3.05) is 0 Å². The van der Waals surface area contributed by atoms with Crippen molar-refractivity contribution in [3.05, 3.63) is 23.8 Å². The highest BCUT2D eigenvalue weighted by atomic mass is 14.8. The molecule has 1 radical (unpaired) electrons. The van der Waals surface area contributed by atoms with Crippen molar-refractivity contribution < 1.29 is 0 Å². The second-order valence-corrected chi connectivity index (χ2v) is 3.52. The van der Waals surface area contributed by atoms with Gasteiger partial charge in [-0.1, -0.05) is 0 Å². The summed E-state index contributed by atoms with van der Waals surface area (Å²) in [6.45, 7) is 0. The van der Waals surface area contributed by atoms with E-state index in [0.717, 1.165) is 11.8 Å². The molecule has 2 nitrogen and oxygen atoms in total. The molecule has 1 heterocycles. The molecule has 1 fully saturated rings. The number of aromatic nitrogens is 2. The van der Waals surface area contributed by atoms with E-state index in [0.29, 0.717) is 0 Å². The van der Waals surface area contributed by atoms with Crippen LogP contribution in [0.2, 0.25) is 0 Å².